The van der Waals surface area contributed by atoms with Crippen LogP contribution in [0.3, 0.4) is 0 Å². The minimum atomic E-state index is -0.766. The third-order valence-corrected chi connectivity index (χ3v) is 2.66. The molecule has 0 aliphatic heterocycles. The summed E-state index contributed by atoms with van der Waals surface area (Å²) in [6.07, 6.45) is 1.22. The number of carbonyl (C=O) groups is 2. The van der Waals surface area contributed by atoms with Crippen LogP contribution in [0.25, 0.3) is 0 Å². The number of thiazole rings is 1. The highest BCUT2D eigenvalue weighted by molar-refractivity contribution is 7.13. The Hall–Kier alpha value is -1.89. The third-order valence-electron chi connectivity index (χ3n) is 1.77. The zero-order valence-electron chi connectivity index (χ0n) is 9.64. The zero-order chi connectivity index (χ0) is 12.8. The highest BCUT2D eigenvalue weighted by Gasteiger charge is 2.19. The maximum atomic E-state index is 11.3. The lowest BCUT2D eigenvalue weighted by Gasteiger charge is -2.03. The van der Waals surface area contributed by atoms with Gasteiger partial charge < -0.3 is 14.8 Å². The van der Waals surface area contributed by atoms with E-state index >= 15 is 0 Å². The first-order valence-electron chi connectivity index (χ1n) is 4.64. The topological polar surface area (TPSA) is 77.5 Å². The Morgan fingerprint density at radius 1 is 1.35 bits per heavy atom. The monoisotopic (exact) mass is 256 g/mol. The number of anilines is 1. The van der Waals surface area contributed by atoms with E-state index in [2.05, 4.69) is 19.8 Å². The van der Waals surface area contributed by atoms with E-state index in [1.54, 1.807) is 0 Å². The van der Waals surface area contributed by atoms with Crippen LogP contribution in [0.2, 0.25) is 0 Å². The molecule has 0 saturated carbocycles. The minimum Gasteiger partial charge on any atom is -0.465 e. The Morgan fingerprint density at radius 2 is 1.94 bits per heavy atom. The van der Waals surface area contributed by atoms with Crippen molar-refractivity contribution < 1.29 is 19.1 Å². The van der Waals surface area contributed by atoms with E-state index in [0.717, 1.165) is 5.69 Å². The Bertz CT molecular complexity index is 435. The lowest BCUT2D eigenvalue weighted by molar-refractivity contribution is -0.144. The summed E-state index contributed by atoms with van der Waals surface area (Å²) in [7, 11) is 2.37. The molecule has 0 aromatic carbocycles. The van der Waals surface area contributed by atoms with Crippen molar-refractivity contribution in [3.05, 3.63) is 22.8 Å². The Labute approximate surface area is 102 Å². The van der Waals surface area contributed by atoms with Crippen LogP contribution >= 0.6 is 11.3 Å². The highest BCUT2D eigenvalue weighted by atomic mass is 32.1. The number of carbonyl (C=O) groups excluding carboxylic acids is 2. The van der Waals surface area contributed by atoms with Crippen LogP contribution in [0.15, 0.2) is 17.2 Å². The number of esters is 2. The number of hydrogen-bond donors (Lipinski definition) is 1. The van der Waals surface area contributed by atoms with Gasteiger partial charge >= 0.3 is 11.9 Å². The van der Waals surface area contributed by atoms with E-state index in [-0.39, 0.29) is 5.57 Å². The molecule has 7 heteroatoms. The molecular formula is C10H12N2O4S. The van der Waals surface area contributed by atoms with Crippen LogP contribution in [0.1, 0.15) is 5.69 Å². The summed E-state index contributed by atoms with van der Waals surface area (Å²) in [4.78, 5) is 26.7. The second-order valence-electron chi connectivity index (χ2n) is 2.98. The van der Waals surface area contributed by atoms with Crippen LogP contribution in [0, 0.1) is 6.92 Å². The summed E-state index contributed by atoms with van der Waals surface area (Å²) in [5.41, 5.74) is 0.631. The molecule has 0 aliphatic carbocycles. The van der Waals surface area contributed by atoms with Crippen molar-refractivity contribution in [2.24, 2.45) is 0 Å². The van der Waals surface area contributed by atoms with Crippen molar-refractivity contribution in [2.45, 2.75) is 6.92 Å². The van der Waals surface area contributed by atoms with Gasteiger partial charge in [-0.25, -0.2) is 14.6 Å². The third kappa shape index (κ3) is 3.56. The molecule has 0 aliphatic rings. The molecule has 0 unspecified atom stereocenters. The van der Waals surface area contributed by atoms with Crippen LogP contribution in [0.4, 0.5) is 5.13 Å². The number of ether oxygens (including phenoxy) is 2. The van der Waals surface area contributed by atoms with Gasteiger partial charge in [0.2, 0.25) is 0 Å². The molecule has 0 amide bonds. The standard InChI is InChI=1S/C10H12N2O4S/c1-6-5-17-10(12-6)11-4-7(8(13)15-2)9(14)16-3/h4-5H,1-3H3,(H,11,12). The van der Waals surface area contributed by atoms with Gasteiger partial charge in [-0.15, -0.1) is 11.3 Å². The molecule has 1 heterocycles. The molecule has 1 rings (SSSR count). The molecule has 92 valence electrons. The van der Waals surface area contributed by atoms with Gasteiger partial charge in [-0.05, 0) is 6.92 Å². The van der Waals surface area contributed by atoms with Gasteiger partial charge in [0.25, 0.3) is 0 Å². The van der Waals surface area contributed by atoms with E-state index in [1.165, 1.54) is 31.8 Å². The van der Waals surface area contributed by atoms with Crippen molar-refractivity contribution in [3.63, 3.8) is 0 Å². The average Bonchev–Trinajstić information content (AvgIpc) is 2.74. The van der Waals surface area contributed by atoms with Gasteiger partial charge in [0.05, 0.1) is 19.9 Å². The van der Waals surface area contributed by atoms with Crippen LogP contribution in [0.5, 0.6) is 0 Å². The molecule has 17 heavy (non-hydrogen) atoms. The Balaban J connectivity index is 2.83. The summed E-state index contributed by atoms with van der Waals surface area (Å²) in [6, 6.07) is 0. The van der Waals surface area contributed by atoms with E-state index in [9.17, 15) is 9.59 Å². The molecule has 0 fully saturated rings. The molecule has 0 atom stereocenters. The molecule has 1 aromatic rings. The van der Waals surface area contributed by atoms with Crippen molar-refractivity contribution >= 4 is 28.4 Å². The van der Waals surface area contributed by atoms with Crippen molar-refractivity contribution in [1.29, 1.82) is 0 Å². The predicted octanol–water partition coefficient (Wildman–Crippen LogP) is 1.09. The predicted molar refractivity (Wildman–Crippen MR) is 62.6 cm³/mol. The van der Waals surface area contributed by atoms with Gasteiger partial charge in [-0.2, -0.15) is 0 Å². The second kappa shape index (κ2) is 6.00. The number of aromatic nitrogens is 1. The lowest BCUT2D eigenvalue weighted by atomic mass is 10.3. The molecule has 0 spiro atoms. The van der Waals surface area contributed by atoms with Crippen molar-refractivity contribution in [3.8, 4) is 0 Å². The molecular weight excluding hydrogens is 244 g/mol. The number of nitrogens with zero attached hydrogens (tertiary/aromatic N) is 1. The fourth-order valence-corrected chi connectivity index (χ4v) is 1.63. The molecule has 0 radical (unpaired) electrons. The van der Waals surface area contributed by atoms with Gasteiger partial charge in [0.1, 0.15) is 0 Å². The molecule has 0 bridgehead atoms. The summed E-state index contributed by atoms with van der Waals surface area (Å²) in [5, 5.41) is 5.16. The van der Waals surface area contributed by atoms with Gasteiger partial charge in [-0.1, -0.05) is 0 Å². The first-order chi connectivity index (χ1) is 8.08. The van der Waals surface area contributed by atoms with E-state index in [1.807, 2.05) is 12.3 Å². The lowest BCUT2D eigenvalue weighted by Crippen LogP contribution is -2.17. The van der Waals surface area contributed by atoms with Crippen molar-refractivity contribution in [2.75, 3.05) is 19.5 Å². The summed E-state index contributed by atoms with van der Waals surface area (Å²) >= 11 is 1.36. The first-order valence-corrected chi connectivity index (χ1v) is 5.52. The summed E-state index contributed by atoms with van der Waals surface area (Å²) in [5.74, 6) is -1.53. The number of rotatable bonds is 4. The molecule has 6 nitrogen and oxygen atoms in total. The highest BCUT2D eigenvalue weighted by Crippen LogP contribution is 2.15. The quantitative estimate of drug-likeness (QED) is 0.376. The van der Waals surface area contributed by atoms with Gasteiger partial charge in [0.15, 0.2) is 10.7 Å². The molecule has 0 saturated heterocycles. The van der Waals surface area contributed by atoms with Crippen LogP contribution < -0.4 is 5.32 Å². The number of hydrogen-bond acceptors (Lipinski definition) is 7. The fourth-order valence-electron chi connectivity index (χ4n) is 0.975. The minimum absolute atomic E-state index is 0.220. The van der Waals surface area contributed by atoms with Gasteiger partial charge in [-0.3, -0.25) is 0 Å². The van der Waals surface area contributed by atoms with E-state index in [0.29, 0.717) is 5.13 Å². The summed E-state index contributed by atoms with van der Waals surface area (Å²) < 4.78 is 8.93. The van der Waals surface area contributed by atoms with Gasteiger partial charge in [0, 0.05) is 11.6 Å². The smallest absolute Gasteiger partial charge is 0.346 e. The van der Waals surface area contributed by atoms with Crippen LogP contribution in [-0.4, -0.2) is 31.1 Å². The summed E-state index contributed by atoms with van der Waals surface area (Å²) in [6.45, 7) is 1.84. The normalized spacial score (nSPS) is 9.35. The SMILES string of the molecule is COC(=O)C(=CNc1nc(C)cs1)C(=O)OC. The van der Waals surface area contributed by atoms with Crippen LogP contribution in [-0.2, 0) is 19.1 Å². The Morgan fingerprint density at radius 3 is 2.35 bits per heavy atom. The number of methoxy groups -OCH3 is 2. The second-order valence-corrected chi connectivity index (χ2v) is 3.84. The van der Waals surface area contributed by atoms with E-state index in [4.69, 9.17) is 0 Å². The number of aryl methyl sites for hydroxylation is 1. The number of nitrogens with one attached hydrogen (secondary N) is 1. The van der Waals surface area contributed by atoms with E-state index < -0.39 is 11.9 Å². The molecule has 1 aromatic heterocycles. The van der Waals surface area contributed by atoms with Crippen molar-refractivity contribution in [1.82, 2.24) is 4.98 Å². The fraction of sp³-hybridized carbons (Fsp3) is 0.300. The maximum Gasteiger partial charge on any atom is 0.346 e. The molecule has 1 N–H and O–H groups in total. The largest absolute Gasteiger partial charge is 0.465 e. The first kappa shape index (κ1) is 13.2. The Kier molecular flexibility index (Phi) is 4.65. The average molecular weight is 256 g/mol. The zero-order valence-corrected chi connectivity index (χ0v) is 10.5. The maximum absolute atomic E-state index is 11.3.